The summed E-state index contributed by atoms with van der Waals surface area (Å²) in [5.74, 6) is 0.546. The van der Waals surface area contributed by atoms with E-state index in [0.29, 0.717) is 6.54 Å². The number of allylic oxidation sites excluding steroid dienone is 1. The van der Waals surface area contributed by atoms with Crippen molar-refractivity contribution >= 4 is 17.5 Å². The van der Waals surface area contributed by atoms with Crippen LogP contribution in [0.1, 0.15) is 32.1 Å². The van der Waals surface area contributed by atoms with E-state index in [1.54, 1.807) is 12.0 Å². The number of nitrogens with two attached hydrogens (primary N) is 1. The third-order valence-electron chi connectivity index (χ3n) is 5.01. The number of rotatable bonds is 5. The Labute approximate surface area is 160 Å². The maximum Gasteiger partial charge on any atom is 0.253 e. The van der Waals surface area contributed by atoms with E-state index in [9.17, 15) is 9.59 Å². The van der Waals surface area contributed by atoms with Crippen LogP contribution in [0.25, 0.3) is 0 Å². The zero-order chi connectivity index (χ0) is 19.8. The van der Waals surface area contributed by atoms with Gasteiger partial charge in [0, 0.05) is 24.9 Å². The molecule has 2 amide bonds. The maximum atomic E-state index is 13.0. The number of likely N-dealkylation sites (tertiary alicyclic amines) is 1. The lowest BCUT2D eigenvalue weighted by Crippen LogP contribution is -2.43. The summed E-state index contributed by atoms with van der Waals surface area (Å²) in [6.07, 6.45) is 4.70. The second kappa shape index (κ2) is 10.1. The zero-order valence-electron chi connectivity index (χ0n) is 16.0. The molecule has 0 radical (unpaired) electrons. The molecule has 1 heterocycles. The van der Waals surface area contributed by atoms with E-state index < -0.39 is 0 Å². The lowest BCUT2D eigenvalue weighted by Gasteiger charge is -2.31. The van der Waals surface area contributed by atoms with E-state index in [1.807, 2.05) is 24.3 Å². The first-order chi connectivity index (χ1) is 13.1. The number of nitrogens with zero attached hydrogens (tertiary/aromatic N) is 1. The number of amides is 2. The van der Waals surface area contributed by atoms with Crippen molar-refractivity contribution in [1.82, 2.24) is 4.90 Å². The van der Waals surface area contributed by atoms with Crippen LogP contribution in [0, 0.1) is 0 Å². The van der Waals surface area contributed by atoms with Gasteiger partial charge in [0.1, 0.15) is 5.75 Å². The molecule has 148 valence electrons. The average Bonchev–Trinajstić information content (AvgIpc) is 3.15. The summed E-state index contributed by atoms with van der Waals surface area (Å²) in [5, 5.41) is 9.98. The van der Waals surface area contributed by atoms with Gasteiger partial charge in [-0.2, -0.15) is 0 Å². The molecule has 1 unspecified atom stereocenters. The monoisotopic (exact) mass is 375 g/mol. The molecular weight excluding hydrogens is 346 g/mol. The quantitative estimate of drug-likeness (QED) is 0.679. The van der Waals surface area contributed by atoms with Crippen LogP contribution in [0.2, 0.25) is 0 Å². The Morgan fingerprint density at radius 1 is 1.22 bits per heavy atom. The van der Waals surface area contributed by atoms with Crippen LogP contribution in [0.4, 0.5) is 5.69 Å². The number of anilines is 1. The molecule has 4 N–H and O–H groups in total. The molecule has 2 fully saturated rings. The summed E-state index contributed by atoms with van der Waals surface area (Å²) in [7, 11) is 2.61. The predicted octanol–water partition coefficient (Wildman–Crippen LogP) is 1.67. The highest BCUT2D eigenvalue weighted by Gasteiger charge is 2.36. The lowest BCUT2D eigenvalue weighted by atomic mass is 9.84. The van der Waals surface area contributed by atoms with E-state index in [4.69, 9.17) is 15.6 Å². The number of carbonyl (C=O) groups is 2. The van der Waals surface area contributed by atoms with Gasteiger partial charge in [-0.15, -0.1) is 0 Å². The standard InChI is InChI=1S/C19H25N3O3.CH4O/c1-25-15-9-7-14(8-10-15)21-19(24)18(13-4-2-5-13)16-6-3-11-22(16)17(23)12-20;1-2/h7-10,16H,2-6,11-12,20H2,1H3,(H,21,24);2H,1H3. The Morgan fingerprint density at radius 2 is 1.89 bits per heavy atom. The summed E-state index contributed by atoms with van der Waals surface area (Å²) in [5.41, 5.74) is 8.20. The minimum absolute atomic E-state index is 0.0147. The van der Waals surface area contributed by atoms with Gasteiger partial charge in [-0.05, 0) is 56.4 Å². The normalized spacial score (nSPS) is 18.1. The van der Waals surface area contributed by atoms with Crippen LogP contribution in [0.15, 0.2) is 35.4 Å². The van der Waals surface area contributed by atoms with Gasteiger partial charge in [0.05, 0.1) is 19.7 Å². The first-order valence-corrected chi connectivity index (χ1v) is 9.25. The van der Waals surface area contributed by atoms with Crippen LogP contribution in [-0.2, 0) is 9.59 Å². The third-order valence-corrected chi connectivity index (χ3v) is 5.01. The molecule has 0 aromatic heterocycles. The molecule has 0 bridgehead atoms. The highest BCUT2D eigenvalue weighted by atomic mass is 16.5. The Bertz CT molecular complexity index is 679. The Kier molecular flexibility index (Phi) is 7.82. The van der Waals surface area contributed by atoms with Crippen molar-refractivity contribution in [2.45, 2.75) is 38.1 Å². The minimum atomic E-state index is -0.149. The summed E-state index contributed by atoms with van der Waals surface area (Å²) in [4.78, 5) is 26.9. The molecule has 1 saturated heterocycles. The minimum Gasteiger partial charge on any atom is -0.497 e. The number of methoxy groups -OCH3 is 1. The third kappa shape index (κ3) is 4.87. The molecule has 0 spiro atoms. The maximum absolute atomic E-state index is 13.0. The van der Waals surface area contributed by atoms with Crippen LogP contribution in [0.5, 0.6) is 5.75 Å². The fraction of sp³-hybridized carbons (Fsp3) is 0.500. The molecule has 1 aromatic rings. The van der Waals surface area contributed by atoms with Gasteiger partial charge in [-0.1, -0.05) is 5.57 Å². The number of hydrogen-bond donors (Lipinski definition) is 3. The SMILES string of the molecule is CO.COc1ccc(NC(=O)C(=C2CCC2)C2CCCN2C(=O)CN)cc1. The Hall–Kier alpha value is -2.38. The summed E-state index contributed by atoms with van der Waals surface area (Å²) in [6, 6.07) is 7.11. The Morgan fingerprint density at radius 3 is 2.41 bits per heavy atom. The van der Waals surface area contributed by atoms with E-state index in [-0.39, 0.29) is 24.4 Å². The number of aliphatic hydroxyl groups excluding tert-OH is 1. The molecule has 27 heavy (non-hydrogen) atoms. The average molecular weight is 375 g/mol. The van der Waals surface area contributed by atoms with E-state index in [2.05, 4.69) is 5.32 Å². The van der Waals surface area contributed by atoms with Crippen molar-refractivity contribution in [2.24, 2.45) is 5.73 Å². The molecule has 1 saturated carbocycles. The van der Waals surface area contributed by atoms with E-state index >= 15 is 0 Å². The summed E-state index contributed by atoms with van der Waals surface area (Å²) in [6.45, 7) is 0.659. The zero-order valence-corrected chi connectivity index (χ0v) is 16.0. The largest absolute Gasteiger partial charge is 0.497 e. The van der Waals surface area contributed by atoms with Crippen LogP contribution < -0.4 is 15.8 Å². The lowest BCUT2D eigenvalue weighted by molar-refractivity contribution is -0.130. The molecule has 1 aromatic carbocycles. The van der Waals surface area contributed by atoms with Gasteiger partial charge in [0.25, 0.3) is 5.91 Å². The first kappa shape index (κ1) is 20.9. The number of hydrogen-bond acceptors (Lipinski definition) is 5. The summed E-state index contributed by atoms with van der Waals surface area (Å²) < 4.78 is 5.14. The molecule has 1 aliphatic heterocycles. The smallest absolute Gasteiger partial charge is 0.253 e. The second-order valence-electron chi connectivity index (χ2n) is 6.50. The summed E-state index contributed by atoms with van der Waals surface area (Å²) >= 11 is 0. The second-order valence-corrected chi connectivity index (χ2v) is 6.50. The van der Waals surface area contributed by atoms with Gasteiger partial charge in [-0.3, -0.25) is 9.59 Å². The van der Waals surface area contributed by atoms with E-state index in [0.717, 1.165) is 56.2 Å². The van der Waals surface area contributed by atoms with E-state index in [1.165, 1.54) is 5.57 Å². The van der Waals surface area contributed by atoms with Crippen molar-refractivity contribution in [1.29, 1.82) is 0 Å². The van der Waals surface area contributed by atoms with Crippen molar-refractivity contribution in [3.05, 3.63) is 35.4 Å². The van der Waals surface area contributed by atoms with Crippen LogP contribution in [0.3, 0.4) is 0 Å². The van der Waals surface area contributed by atoms with Crippen molar-refractivity contribution in [3.63, 3.8) is 0 Å². The number of ether oxygens (including phenoxy) is 1. The molecular formula is C20H29N3O4. The topological polar surface area (TPSA) is 105 Å². The number of carbonyl (C=O) groups excluding carboxylic acids is 2. The molecule has 1 aliphatic carbocycles. The van der Waals surface area contributed by atoms with Gasteiger partial charge >= 0.3 is 0 Å². The van der Waals surface area contributed by atoms with Gasteiger partial charge in [-0.25, -0.2) is 0 Å². The van der Waals surface area contributed by atoms with Gasteiger partial charge in [0.2, 0.25) is 5.91 Å². The van der Waals surface area contributed by atoms with Crippen molar-refractivity contribution < 1.29 is 19.4 Å². The fourth-order valence-electron chi connectivity index (χ4n) is 3.53. The molecule has 1 atom stereocenters. The van der Waals surface area contributed by atoms with Gasteiger partial charge < -0.3 is 25.8 Å². The number of nitrogens with one attached hydrogen (secondary N) is 1. The predicted molar refractivity (Wildman–Crippen MR) is 104 cm³/mol. The first-order valence-electron chi connectivity index (χ1n) is 9.25. The molecule has 7 nitrogen and oxygen atoms in total. The Balaban J connectivity index is 0.00000126. The molecule has 7 heteroatoms. The van der Waals surface area contributed by atoms with Gasteiger partial charge in [0.15, 0.2) is 0 Å². The number of aliphatic hydroxyl groups is 1. The molecule has 2 aliphatic rings. The van der Waals surface area contributed by atoms with Crippen molar-refractivity contribution in [2.75, 3.05) is 32.6 Å². The number of benzene rings is 1. The van der Waals surface area contributed by atoms with Crippen LogP contribution in [-0.4, -0.2) is 55.2 Å². The van der Waals surface area contributed by atoms with Crippen molar-refractivity contribution in [3.8, 4) is 5.75 Å². The van der Waals surface area contributed by atoms with Crippen LogP contribution >= 0.6 is 0 Å². The fourth-order valence-corrected chi connectivity index (χ4v) is 3.53. The molecule has 3 rings (SSSR count). The highest BCUT2D eigenvalue weighted by Crippen LogP contribution is 2.35. The highest BCUT2D eigenvalue weighted by molar-refractivity contribution is 6.05.